The van der Waals surface area contributed by atoms with Gasteiger partial charge in [-0.1, -0.05) is 0 Å². The van der Waals surface area contributed by atoms with E-state index in [1.807, 2.05) is 62.4 Å². The zero-order chi connectivity index (χ0) is 21.8. The molecule has 0 radical (unpaired) electrons. The standard InChI is InChI=1S/C23H24N4O4/c1-15-10-17(16(2)27(15)19-6-9-21-22(11-19)31-14-30-21)12-25-26-23(28)13-24-18-4-7-20(29-3)8-5-18/h4-12,24H,13-14H2,1-3H3,(H,26,28)/b25-12-. The molecule has 1 aliphatic rings. The summed E-state index contributed by atoms with van der Waals surface area (Å²) in [7, 11) is 1.61. The summed E-state index contributed by atoms with van der Waals surface area (Å²) in [4.78, 5) is 12.1. The largest absolute Gasteiger partial charge is 0.497 e. The molecule has 0 spiro atoms. The zero-order valence-corrected chi connectivity index (χ0v) is 17.6. The fourth-order valence-corrected chi connectivity index (χ4v) is 3.44. The van der Waals surface area contributed by atoms with Crippen LogP contribution in [0.5, 0.6) is 17.2 Å². The maximum atomic E-state index is 12.1. The summed E-state index contributed by atoms with van der Waals surface area (Å²) in [5.41, 5.74) is 7.32. The van der Waals surface area contributed by atoms with Crippen LogP contribution < -0.4 is 25.0 Å². The van der Waals surface area contributed by atoms with Crippen LogP contribution in [0.2, 0.25) is 0 Å². The van der Waals surface area contributed by atoms with E-state index >= 15 is 0 Å². The maximum Gasteiger partial charge on any atom is 0.259 e. The lowest BCUT2D eigenvalue weighted by atomic mass is 10.2. The number of rotatable bonds is 7. The van der Waals surface area contributed by atoms with Crippen molar-refractivity contribution in [1.82, 2.24) is 9.99 Å². The first-order chi connectivity index (χ1) is 15.0. The monoisotopic (exact) mass is 420 g/mol. The predicted octanol–water partition coefficient (Wildman–Crippen LogP) is 3.39. The van der Waals surface area contributed by atoms with Crippen LogP contribution >= 0.6 is 0 Å². The van der Waals surface area contributed by atoms with Crippen LogP contribution in [0.1, 0.15) is 17.0 Å². The number of nitrogens with zero attached hydrogens (tertiary/aromatic N) is 2. The molecule has 160 valence electrons. The minimum atomic E-state index is -0.239. The average molecular weight is 420 g/mol. The summed E-state index contributed by atoms with van der Waals surface area (Å²) >= 11 is 0. The average Bonchev–Trinajstić information content (AvgIpc) is 3.36. The van der Waals surface area contributed by atoms with Gasteiger partial charge in [-0.3, -0.25) is 4.79 Å². The first-order valence-corrected chi connectivity index (χ1v) is 9.84. The van der Waals surface area contributed by atoms with Crippen LogP contribution in [0.25, 0.3) is 5.69 Å². The number of fused-ring (bicyclic) bond motifs is 1. The molecule has 2 aromatic carbocycles. The lowest BCUT2D eigenvalue weighted by molar-refractivity contribution is -0.119. The third-order valence-electron chi connectivity index (χ3n) is 5.02. The van der Waals surface area contributed by atoms with E-state index in [1.165, 1.54) is 0 Å². The van der Waals surface area contributed by atoms with Gasteiger partial charge < -0.3 is 24.1 Å². The third-order valence-corrected chi connectivity index (χ3v) is 5.02. The molecule has 31 heavy (non-hydrogen) atoms. The van der Waals surface area contributed by atoms with Gasteiger partial charge in [-0.15, -0.1) is 0 Å². The highest BCUT2D eigenvalue weighted by Crippen LogP contribution is 2.34. The second-order valence-electron chi connectivity index (χ2n) is 7.07. The van der Waals surface area contributed by atoms with Gasteiger partial charge in [-0.05, 0) is 56.3 Å². The molecule has 1 amide bonds. The molecular weight excluding hydrogens is 396 g/mol. The summed E-state index contributed by atoms with van der Waals surface area (Å²) in [6.07, 6.45) is 1.65. The molecule has 3 aromatic rings. The fraction of sp³-hybridized carbons (Fsp3) is 0.217. The van der Waals surface area contributed by atoms with Gasteiger partial charge in [0.05, 0.1) is 19.9 Å². The lowest BCUT2D eigenvalue weighted by Crippen LogP contribution is -2.25. The number of hydrazone groups is 1. The van der Waals surface area contributed by atoms with E-state index in [1.54, 1.807) is 13.3 Å². The molecular formula is C23H24N4O4. The Balaban J connectivity index is 1.38. The first-order valence-electron chi connectivity index (χ1n) is 9.84. The Labute approximate surface area is 180 Å². The van der Waals surface area contributed by atoms with Gasteiger partial charge in [0.15, 0.2) is 11.5 Å². The molecule has 0 saturated carbocycles. The summed E-state index contributed by atoms with van der Waals surface area (Å²) in [6, 6.07) is 15.2. The van der Waals surface area contributed by atoms with Crippen molar-refractivity contribution in [3.8, 4) is 22.9 Å². The van der Waals surface area contributed by atoms with Gasteiger partial charge in [0.25, 0.3) is 5.91 Å². The van der Waals surface area contributed by atoms with Gasteiger partial charge in [0.2, 0.25) is 6.79 Å². The Morgan fingerprint density at radius 1 is 1.13 bits per heavy atom. The van der Waals surface area contributed by atoms with Crippen molar-refractivity contribution in [2.45, 2.75) is 13.8 Å². The molecule has 4 rings (SSSR count). The van der Waals surface area contributed by atoms with Crippen molar-refractivity contribution >= 4 is 17.8 Å². The lowest BCUT2D eigenvalue weighted by Gasteiger charge is -2.10. The van der Waals surface area contributed by atoms with Crippen LogP contribution in [-0.2, 0) is 4.79 Å². The number of aromatic nitrogens is 1. The quantitative estimate of drug-likeness (QED) is 0.452. The Morgan fingerprint density at radius 3 is 2.68 bits per heavy atom. The van der Waals surface area contributed by atoms with E-state index < -0.39 is 0 Å². The molecule has 2 heterocycles. The summed E-state index contributed by atoms with van der Waals surface area (Å²) < 4.78 is 18.1. The van der Waals surface area contributed by atoms with Crippen molar-refractivity contribution < 1.29 is 19.0 Å². The molecule has 1 aliphatic heterocycles. The topological polar surface area (TPSA) is 86.1 Å². The Morgan fingerprint density at radius 2 is 1.90 bits per heavy atom. The molecule has 0 bridgehead atoms. The number of carbonyl (C=O) groups excluding carboxylic acids is 1. The van der Waals surface area contributed by atoms with Crippen molar-refractivity contribution in [1.29, 1.82) is 0 Å². The number of hydrogen-bond donors (Lipinski definition) is 2. The molecule has 0 fully saturated rings. The highest BCUT2D eigenvalue weighted by molar-refractivity contribution is 5.85. The van der Waals surface area contributed by atoms with E-state index in [9.17, 15) is 4.79 Å². The molecule has 0 unspecified atom stereocenters. The fourth-order valence-electron chi connectivity index (χ4n) is 3.44. The van der Waals surface area contributed by atoms with E-state index in [-0.39, 0.29) is 19.2 Å². The third kappa shape index (κ3) is 4.48. The SMILES string of the molecule is COc1ccc(NCC(=O)N/N=C\c2cc(C)n(-c3ccc4c(c3)OCO4)c2C)cc1. The predicted molar refractivity (Wildman–Crippen MR) is 119 cm³/mol. The Hall–Kier alpha value is -3.94. The summed E-state index contributed by atoms with van der Waals surface area (Å²) in [6.45, 7) is 4.38. The van der Waals surface area contributed by atoms with Gasteiger partial charge in [-0.25, -0.2) is 5.43 Å². The van der Waals surface area contributed by atoms with E-state index in [0.29, 0.717) is 0 Å². The number of benzene rings is 2. The summed E-state index contributed by atoms with van der Waals surface area (Å²) in [5.74, 6) is 2.00. The van der Waals surface area contributed by atoms with Crippen molar-refractivity contribution in [3.63, 3.8) is 0 Å². The van der Waals surface area contributed by atoms with Crippen molar-refractivity contribution in [2.75, 3.05) is 25.8 Å². The zero-order valence-electron chi connectivity index (χ0n) is 17.6. The highest BCUT2D eigenvalue weighted by atomic mass is 16.7. The summed E-state index contributed by atoms with van der Waals surface area (Å²) in [5, 5.41) is 7.15. The number of aryl methyl sites for hydroxylation is 1. The second-order valence-corrected chi connectivity index (χ2v) is 7.07. The van der Waals surface area contributed by atoms with Crippen LogP contribution in [0.15, 0.2) is 53.6 Å². The maximum absolute atomic E-state index is 12.1. The number of carbonyl (C=O) groups is 1. The molecule has 0 atom stereocenters. The minimum Gasteiger partial charge on any atom is -0.497 e. The number of amides is 1. The smallest absolute Gasteiger partial charge is 0.259 e. The first kappa shape index (κ1) is 20.3. The Bertz CT molecular complexity index is 1120. The molecule has 8 heteroatoms. The number of methoxy groups -OCH3 is 1. The van der Waals surface area contributed by atoms with Gasteiger partial charge >= 0.3 is 0 Å². The van der Waals surface area contributed by atoms with E-state index in [0.717, 1.165) is 45.6 Å². The van der Waals surface area contributed by atoms with Gasteiger partial charge in [-0.2, -0.15) is 5.10 Å². The molecule has 0 aliphatic carbocycles. The van der Waals surface area contributed by atoms with E-state index in [2.05, 4.69) is 20.4 Å². The van der Waals surface area contributed by atoms with Crippen LogP contribution in [-0.4, -0.2) is 37.1 Å². The van der Waals surface area contributed by atoms with Crippen molar-refractivity contribution in [2.24, 2.45) is 5.10 Å². The molecule has 8 nitrogen and oxygen atoms in total. The normalized spacial score (nSPS) is 12.2. The van der Waals surface area contributed by atoms with Crippen LogP contribution in [0, 0.1) is 13.8 Å². The number of hydrogen-bond acceptors (Lipinski definition) is 6. The number of ether oxygens (including phenoxy) is 3. The highest BCUT2D eigenvalue weighted by Gasteiger charge is 2.16. The van der Waals surface area contributed by atoms with Crippen LogP contribution in [0.4, 0.5) is 5.69 Å². The molecule has 2 N–H and O–H groups in total. The van der Waals surface area contributed by atoms with Crippen LogP contribution in [0.3, 0.4) is 0 Å². The van der Waals surface area contributed by atoms with E-state index in [4.69, 9.17) is 14.2 Å². The Kier molecular flexibility index (Phi) is 5.79. The minimum absolute atomic E-state index is 0.111. The van der Waals surface area contributed by atoms with Gasteiger partial charge in [0.1, 0.15) is 5.75 Å². The van der Waals surface area contributed by atoms with Gasteiger partial charge in [0, 0.05) is 34.4 Å². The number of anilines is 1. The van der Waals surface area contributed by atoms with Crippen molar-refractivity contribution in [3.05, 3.63) is 65.5 Å². The number of nitrogens with one attached hydrogen (secondary N) is 2. The molecule has 0 saturated heterocycles. The second kappa shape index (κ2) is 8.83. The molecule has 1 aromatic heterocycles.